The summed E-state index contributed by atoms with van der Waals surface area (Å²) in [5.41, 5.74) is -0.855. The molecule has 1 rings (SSSR count). The minimum absolute atomic E-state index is 0.0762. The molecule has 7 heteroatoms. The lowest BCUT2D eigenvalue weighted by Crippen LogP contribution is -2.44. The topological polar surface area (TPSA) is 76.0 Å². The van der Waals surface area contributed by atoms with E-state index >= 15 is 0 Å². The average Bonchev–Trinajstić information content (AvgIpc) is 2.51. The zero-order valence-electron chi connectivity index (χ0n) is 11.9. The van der Waals surface area contributed by atoms with Gasteiger partial charge in [-0.25, -0.2) is 0 Å². The van der Waals surface area contributed by atoms with Crippen molar-refractivity contribution < 1.29 is 24.5 Å². The van der Waals surface area contributed by atoms with Gasteiger partial charge in [-0.15, -0.1) is 0 Å². The maximum atomic E-state index is 12.1. The Morgan fingerprint density at radius 3 is 2.55 bits per heavy atom. The van der Waals surface area contributed by atoms with E-state index < -0.39 is 23.7 Å². The molecule has 1 fully saturated rings. The summed E-state index contributed by atoms with van der Waals surface area (Å²) in [5.74, 6) is -0.344. The smallest absolute Gasteiger partial charge is 0.314 e. The Morgan fingerprint density at radius 2 is 2.05 bits per heavy atom. The van der Waals surface area contributed by atoms with Crippen LogP contribution in [0.4, 0.5) is 0 Å². The van der Waals surface area contributed by atoms with Gasteiger partial charge in [0.1, 0.15) is 6.10 Å². The van der Waals surface area contributed by atoms with Gasteiger partial charge in [0.25, 0.3) is 0 Å². The Morgan fingerprint density at radius 1 is 1.45 bits per heavy atom. The summed E-state index contributed by atoms with van der Waals surface area (Å²) in [6.45, 7) is 5.26. The predicted molar refractivity (Wildman–Crippen MR) is 82.2 cm³/mol. The molecule has 0 aromatic heterocycles. The molecule has 5 nitrogen and oxygen atoms in total. The number of rotatable bonds is 4. The number of hydrogen-bond donors (Lipinski definition) is 2. The summed E-state index contributed by atoms with van der Waals surface area (Å²) in [6.07, 6.45) is -1.52. The van der Waals surface area contributed by atoms with Crippen molar-refractivity contribution in [1.82, 2.24) is 0 Å². The van der Waals surface area contributed by atoms with Crippen molar-refractivity contribution in [3.05, 3.63) is 0 Å². The van der Waals surface area contributed by atoms with Crippen LogP contribution >= 0.6 is 31.9 Å². The van der Waals surface area contributed by atoms with Gasteiger partial charge in [-0.1, -0.05) is 31.9 Å². The lowest BCUT2D eigenvalue weighted by atomic mass is 9.84. The zero-order valence-corrected chi connectivity index (χ0v) is 15.1. The maximum absolute atomic E-state index is 12.1. The van der Waals surface area contributed by atoms with E-state index in [1.165, 1.54) is 0 Å². The van der Waals surface area contributed by atoms with Crippen LogP contribution < -0.4 is 0 Å². The number of ether oxygens (including phenoxy) is 2. The van der Waals surface area contributed by atoms with Gasteiger partial charge in [0.05, 0.1) is 35.7 Å². The summed E-state index contributed by atoms with van der Waals surface area (Å²) >= 11 is 6.91. The molecule has 0 aromatic carbocycles. The monoisotopic (exact) mass is 416 g/mol. The van der Waals surface area contributed by atoms with Gasteiger partial charge >= 0.3 is 5.97 Å². The highest BCUT2D eigenvalue weighted by atomic mass is 79.9. The number of aliphatic hydroxyl groups is 2. The molecule has 1 aliphatic heterocycles. The third-order valence-electron chi connectivity index (χ3n) is 3.62. The van der Waals surface area contributed by atoms with Crippen LogP contribution in [-0.2, 0) is 14.3 Å². The molecular weight excluding hydrogens is 396 g/mol. The molecule has 1 saturated heterocycles. The number of esters is 1. The first-order valence-electron chi connectivity index (χ1n) is 6.65. The Hall–Kier alpha value is 0.310. The standard InChI is InChI=1S/C13H22Br2O5/c1-4-19-12(18)13(2,3)9-5-7(14)10(15)11(17)8(6-16)20-9/h7-11,16-17H,4-6H2,1-3H3/t7-,8+,9-,10+,11-/m0/s1. The van der Waals surface area contributed by atoms with Crippen LogP contribution in [0.25, 0.3) is 0 Å². The van der Waals surface area contributed by atoms with Crippen LogP contribution in [0, 0.1) is 5.41 Å². The van der Waals surface area contributed by atoms with Gasteiger partial charge in [0.2, 0.25) is 0 Å². The highest BCUT2D eigenvalue weighted by molar-refractivity contribution is 9.12. The van der Waals surface area contributed by atoms with Crippen LogP contribution in [0.3, 0.4) is 0 Å². The highest BCUT2D eigenvalue weighted by Crippen LogP contribution is 2.37. The lowest BCUT2D eigenvalue weighted by Gasteiger charge is -2.33. The van der Waals surface area contributed by atoms with Crippen molar-refractivity contribution in [2.75, 3.05) is 13.2 Å². The summed E-state index contributed by atoms with van der Waals surface area (Å²) in [6, 6.07) is 0. The Kier molecular flexibility index (Phi) is 6.92. The van der Waals surface area contributed by atoms with Crippen LogP contribution in [0.15, 0.2) is 0 Å². The van der Waals surface area contributed by atoms with Gasteiger partial charge in [0, 0.05) is 4.83 Å². The lowest BCUT2D eigenvalue weighted by molar-refractivity contribution is -0.171. The fourth-order valence-electron chi connectivity index (χ4n) is 2.16. The second-order valence-electron chi connectivity index (χ2n) is 5.47. The number of hydrogen-bond acceptors (Lipinski definition) is 5. The van der Waals surface area contributed by atoms with Crippen LogP contribution in [0.5, 0.6) is 0 Å². The van der Waals surface area contributed by atoms with E-state index in [0.717, 1.165) is 0 Å². The van der Waals surface area contributed by atoms with Crippen molar-refractivity contribution in [3.63, 3.8) is 0 Å². The van der Waals surface area contributed by atoms with Crippen LogP contribution in [0.1, 0.15) is 27.2 Å². The van der Waals surface area contributed by atoms with E-state index in [-0.39, 0.29) is 22.2 Å². The van der Waals surface area contributed by atoms with Crippen molar-refractivity contribution in [2.45, 2.75) is 55.2 Å². The van der Waals surface area contributed by atoms with Gasteiger partial charge in [0.15, 0.2) is 0 Å². The summed E-state index contributed by atoms with van der Waals surface area (Å²) in [7, 11) is 0. The minimum atomic E-state index is -0.855. The number of aliphatic hydroxyl groups excluding tert-OH is 2. The molecule has 0 radical (unpaired) electrons. The van der Waals surface area contributed by atoms with Gasteiger partial charge in [-0.2, -0.15) is 0 Å². The van der Waals surface area contributed by atoms with E-state index in [9.17, 15) is 15.0 Å². The second kappa shape index (κ2) is 7.54. The molecule has 0 bridgehead atoms. The zero-order chi connectivity index (χ0) is 15.5. The molecule has 1 heterocycles. The molecule has 0 amide bonds. The van der Waals surface area contributed by atoms with E-state index in [0.29, 0.717) is 13.0 Å². The van der Waals surface area contributed by atoms with Gasteiger partial charge < -0.3 is 19.7 Å². The first kappa shape index (κ1) is 18.4. The Bertz CT molecular complexity index is 337. The number of alkyl halides is 2. The molecule has 0 saturated carbocycles. The van der Waals surface area contributed by atoms with Gasteiger partial charge in [-0.05, 0) is 27.2 Å². The highest BCUT2D eigenvalue weighted by Gasteiger charge is 2.46. The molecule has 1 aliphatic rings. The van der Waals surface area contributed by atoms with E-state index in [1.54, 1.807) is 20.8 Å². The molecule has 0 aliphatic carbocycles. The minimum Gasteiger partial charge on any atom is -0.466 e. The summed E-state index contributed by atoms with van der Waals surface area (Å²) < 4.78 is 10.9. The third kappa shape index (κ3) is 3.94. The largest absolute Gasteiger partial charge is 0.466 e. The van der Waals surface area contributed by atoms with Crippen molar-refractivity contribution in [3.8, 4) is 0 Å². The normalized spacial score (nSPS) is 35.5. The van der Waals surface area contributed by atoms with Crippen LogP contribution in [-0.4, -0.2) is 57.4 Å². The molecule has 2 N–H and O–H groups in total. The molecule has 0 aromatic rings. The Balaban J connectivity index is 2.96. The maximum Gasteiger partial charge on any atom is 0.314 e. The van der Waals surface area contributed by atoms with E-state index in [4.69, 9.17) is 9.47 Å². The number of halogens is 2. The van der Waals surface area contributed by atoms with Gasteiger partial charge in [-0.3, -0.25) is 4.79 Å². The molecule has 0 unspecified atom stereocenters. The Labute approximate surface area is 136 Å². The molecule has 118 valence electrons. The first-order chi connectivity index (χ1) is 9.25. The van der Waals surface area contributed by atoms with Crippen LogP contribution in [0.2, 0.25) is 0 Å². The predicted octanol–water partition coefficient (Wildman–Crippen LogP) is 1.61. The average molecular weight is 418 g/mol. The summed E-state index contributed by atoms with van der Waals surface area (Å²) in [4.78, 5) is 11.7. The fourth-order valence-corrected chi connectivity index (χ4v) is 3.37. The molecule has 0 spiro atoms. The fraction of sp³-hybridized carbons (Fsp3) is 0.923. The van der Waals surface area contributed by atoms with E-state index in [1.807, 2.05) is 0 Å². The molecular formula is C13H22Br2O5. The first-order valence-corrected chi connectivity index (χ1v) is 8.48. The second-order valence-corrected chi connectivity index (χ2v) is 7.71. The van der Waals surface area contributed by atoms with Crippen molar-refractivity contribution in [1.29, 1.82) is 0 Å². The van der Waals surface area contributed by atoms with Crippen molar-refractivity contribution >= 4 is 37.8 Å². The summed E-state index contributed by atoms with van der Waals surface area (Å²) in [5, 5.41) is 19.5. The molecule has 20 heavy (non-hydrogen) atoms. The van der Waals surface area contributed by atoms with Crippen molar-refractivity contribution in [2.24, 2.45) is 5.41 Å². The number of carbonyl (C=O) groups excluding carboxylic acids is 1. The SMILES string of the molecule is CCOC(=O)C(C)(C)[C@@H]1C[C@H](Br)[C@@H](Br)[C@@H](O)[C@@H](CO)O1. The number of carbonyl (C=O) groups is 1. The third-order valence-corrected chi connectivity index (χ3v) is 6.45. The van der Waals surface area contributed by atoms with E-state index in [2.05, 4.69) is 31.9 Å². The quantitative estimate of drug-likeness (QED) is 0.536. The molecule has 5 atom stereocenters.